The van der Waals surface area contributed by atoms with Crippen molar-refractivity contribution in [1.29, 1.82) is 0 Å². The Labute approximate surface area is 134 Å². The Morgan fingerprint density at radius 2 is 1.95 bits per heavy atom. The van der Waals surface area contributed by atoms with Gasteiger partial charge in [0.1, 0.15) is 10.5 Å². The third-order valence-electron chi connectivity index (χ3n) is 2.91. The molecule has 100 valence electrons. The van der Waals surface area contributed by atoms with E-state index in [1.807, 2.05) is 12.1 Å². The van der Waals surface area contributed by atoms with Crippen LogP contribution < -0.4 is 0 Å². The van der Waals surface area contributed by atoms with E-state index in [-0.39, 0.29) is 0 Å². The van der Waals surface area contributed by atoms with Gasteiger partial charge in [-0.05, 0) is 52.5 Å². The van der Waals surface area contributed by atoms with Gasteiger partial charge in [-0.2, -0.15) is 0 Å². The third-order valence-corrected chi connectivity index (χ3v) is 4.77. The van der Waals surface area contributed by atoms with Gasteiger partial charge in [-0.1, -0.05) is 42.0 Å². The number of hydrogen-bond acceptors (Lipinski definition) is 2. The molecule has 2 aromatic rings. The Balaban J connectivity index is 2.66. The summed E-state index contributed by atoms with van der Waals surface area (Å²) >= 11 is 12.3. The highest BCUT2D eigenvalue weighted by Crippen LogP contribution is 2.28. The van der Waals surface area contributed by atoms with Gasteiger partial charge in [0.25, 0.3) is 0 Å². The molecule has 0 saturated carbocycles. The van der Waals surface area contributed by atoms with Crippen LogP contribution in [-0.2, 0) is 0 Å². The van der Waals surface area contributed by atoms with Crippen molar-refractivity contribution in [2.24, 2.45) is 0 Å². The summed E-state index contributed by atoms with van der Waals surface area (Å²) in [4.78, 5) is 7.86. The van der Waals surface area contributed by atoms with Gasteiger partial charge in [0.15, 0.2) is 0 Å². The number of aromatic amines is 1. The predicted octanol–water partition coefficient (Wildman–Crippen LogP) is 5.76. The van der Waals surface area contributed by atoms with Crippen LogP contribution in [0.3, 0.4) is 0 Å². The molecule has 0 aliphatic heterocycles. The smallest absolute Gasteiger partial charge is 0.144 e. The Morgan fingerprint density at radius 1 is 1.26 bits per heavy atom. The quantitative estimate of drug-likeness (QED) is 0.647. The molecule has 1 heterocycles. The minimum atomic E-state index is 0.355. The standard InChI is InChI=1S/C14H14Br2N2S/c1-7(2)12-11(16)14(19)18-13(17-12)10-5-4-9(15)6-8(10)3/h4-7H,1-3H3,(H,17,18,19). The first kappa shape index (κ1) is 14.9. The van der Waals surface area contributed by atoms with Gasteiger partial charge in [-0.3, -0.25) is 0 Å². The fraction of sp³-hybridized carbons (Fsp3) is 0.286. The molecule has 0 fully saturated rings. The zero-order valence-electron chi connectivity index (χ0n) is 10.9. The van der Waals surface area contributed by atoms with Gasteiger partial charge in [-0.25, -0.2) is 4.98 Å². The van der Waals surface area contributed by atoms with E-state index in [1.165, 1.54) is 0 Å². The van der Waals surface area contributed by atoms with E-state index in [9.17, 15) is 0 Å². The van der Waals surface area contributed by atoms with Gasteiger partial charge in [0.05, 0.1) is 4.47 Å². The van der Waals surface area contributed by atoms with Gasteiger partial charge in [0.2, 0.25) is 0 Å². The molecule has 0 aliphatic carbocycles. The lowest BCUT2D eigenvalue weighted by molar-refractivity contribution is 0.807. The zero-order valence-corrected chi connectivity index (χ0v) is 14.9. The van der Waals surface area contributed by atoms with E-state index in [2.05, 4.69) is 68.7 Å². The summed E-state index contributed by atoms with van der Waals surface area (Å²) in [5, 5.41) is 0. The second-order valence-corrected chi connectivity index (χ2v) is 6.83. The summed E-state index contributed by atoms with van der Waals surface area (Å²) in [5.74, 6) is 1.18. The molecule has 19 heavy (non-hydrogen) atoms. The molecular formula is C14H14Br2N2S. The Hall–Kier alpha value is -0.520. The summed E-state index contributed by atoms with van der Waals surface area (Å²) < 4.78 is 2.55. The van der Waals surface area contributed by atoms with Crippen LogP contribution >= 0.6 is 44.1 Å². The van der Waals surface area contributed by atoms with Crippen molar-refractivity contribution in [3.05, 3.63) is 43.0 Å². The van der Waals surface area contributed by atoms with Gasteiger partial charge in [-0.15, -0.1) is 0 Å². The molecular weight excluding hydrogens is 388 g/mol. The van der Waals surface area contributed by atoms with Crippen LogP contribution in [-0.4, -0.2) is 9.97 Å². The van der Waals surface area contributed by atoms with E-state index < -0.39 is 0 Å². The lowest BCUT2D eigenvalue weighted by Gasteiger charge is -2.12. The molecule has 0 radical (unpaired) electrons. The van der Waals surface area contributed by atoms with Gasteiger partial charge < -0.3 is 4.98 Å². The van der Waals surface area contributed by atoms with Gasteiger partial charge in [0, 0.05) is 15.7 Å². The molecule has 0 bridgehead atoms. The fourth-order valence-electron chi connectivity index (χ4n) is 1.89. The number of nitrogens with zero attached hydrogens (tertiary/aromatic N) is 1. The van der Waals surface area contributed by atoms with Crippen molar-refractivity contribution in [3.8, 4) is 11.4 Å². The molecule has 0 aliphatic rings. The molecule has 0 amide bonds. The summed E-state index contributed by atoms with van der Waals surface area (Å²) in [6.45, 7) is 6.32. The molecule has 1 N–H and O–H groups in total. The van der Waals surface area contributed by atoms with E-state index in [4.69, 9.17) is 12.2 Å². The Kier molecular flexibility index (Phi) is 4.58. The number of rotatable bonds is 2. The van der Waals surface area contributed by atoms with Crippen LogP contribution in [0.2, 0.25) is 0 Å². The first-order chi connectivity index (χ1) is 8.90. The van der Waals surface area contributed by atoms with Crippen LogP contribution in [0.1, 0.15) is 31.0 Å². The molecule has 0 unspecified atom stereocenters. The molecule has 0 atom stereocenters. The number of nitrogens with one attached hydrogen (secondary N) is 1. The molecule has 1 aromatic carbocycles. The fourth-order valence-corrected chi connectivity index (χ4v) is 3.22. The van der Waals surface area contributed by atoms with Crippen molar-refractivity contribution < 1.29 is 0 Å². The maximum atomic E-state index is 5.33. The first-order valence-corrected chi connectivity index (χ1v) is 7.95. The first-order valence-electron chi connectivity index (χ1n) is 5.96. The Bertz CT molecular complexity index is 678. The maximum absolute atomic E-state index is 5.33. The molecule has 0 saturated heterocycles. The highest BCUT2D eigenvalue weighted by atomic mass is 79.9. The summed E-state index contributed by atoms with van der Waals surface area (Å²) in [5.41, 5.74) is 3.31. The second-order valence-electron chi connectivity index (χ2n) is 4.73. The van der Waals surface area contributed by atoms with Crippen molar-refractivity contribution in [2.45, 2.75) is 26.7 Å². The lowest BCUT2D eigenvalue weighted by atomic mass is 10.1. The van der Waals surface area contributed by atoms with Crippen LogP contribution in [0, 0.1) is 11.6 Å². The molecule has 1 aromatic heterocycles. The van der Waals surface area contributed by atoms with Crippen LogP contribution in [0.15, 0.2) is 27.1 Å². The number of hydrogen-bond donors (Lipinski definition) is 1. The normalized spacial score (nSPS) is 11.1. The zero-order chi connectivity index (χ0) is 14.2. The average Bonchev–Trinajstić information content (AvgIpc) is 2.32. The Morgan fingerprint density at radius 3 is 2.53 bits per heavy atom. The number of halogens is 2. The van der Waals surface area contributed by atoms with Crippen molar-refractivity contribution in [1.82, 2.24) is 9.97 Å². The minimum Gasteiger partial charge on any atom is -0.342 e. The number of benzene rings is 1. The maximum Gasteiger partial charge on any atom is 0.144 e. The highest BCUT2D eigenvalue weighted by molar-refractivity contribution is 9.10. The lowest BCUT2D eigenvalue weighted by Crippen LogP contribution is -2.01. The average molecular weight is 402 g/mol. The molecule has 5 heteroatoms. The summed E-state index contributed by atoms with van der Waals surface area (Å²) in [7, 11) is 0. The van der Waals surface area contributed by atoms with Crippen molar-refractivity contribution >= 4 is 44.1 Å². The summed E-state index contributed by atoms with van der Waals surface area (Å²) in [6, 6.07) is 6.13. The van der Waals surface area contributed by atoms with Crippen molar-refractivity contribution in [3.63, 3.8) is 0 Å². The molecule has 2 rings (SSSR count). The van der Waals surface area contributed by atoms with Gasteiger partial charge >= 0.3 is 0 Å². The van der Waals surface area contributed by atoms with E-state index in [1.54, 1.807) is 0 Å². The topological polar surface area (TPSA) is 28.7 Å². The predicted molar refractivity (Wildman–Crippen MR) is 89.1 cm³/mol. The van der Waals surface area contributed by atoms with E-state index in [0.717, 1.165) is 31.6 Å². The van der Waals surface area contributed by atoms with Crippen LogP contribution in [0.4, 0.5) is 0 Å². The summed E-state index contributed by atoms with van der Waals surface area (Å²) in [6.07, 6.45) is 0. The molecule has 0 spiro atoms. The minimum absolute atomic E-state index is 0.355. The van der Waals surface area contributed by atoms with E-state index >= 15 is 0 Å². The monoisotopic (exact) mass is 400 g/mol. The number of H-pyrrole nitrogens is 1. The van der Waals surface area contributed by atoms with Crippen LogP contribution in [0.25, 0.3) is 11.4 Å². The van der Waals surface area contributed by atoms with Crippen molar-refractivity contribution in [2.75, 3.05) is 0 Å². The SMILES string of the molecule is Cc1cc(Br)ccc1-c1nc(=S)c(Br)c(C(C)C)[nH]1. The number of aromatic nitrogens is 2. The highest BCUT2D eigenvalue weighted by Gasteiger charge is 2.12. The van der Waals surface area contributed by atoms with E-state index in [0.29, 0.717) is 10.6 Å². The van der Waals surface area contributed by atoms with Crippen LogP contribution in [0.5, 0.6) is 0 Å². The third kappa shape index (κ3) is 3.15. The molecule has 2 nitrogen and oxygen atoms in total. The number of aryl methyl sites for hydroxylation is 1. The second kappa shape index (κ2) is 5.85. The largest absolute Gasteiger partial charge is 0.342 e.